The molecule has 23 heavy (non-hydrogen) atoms. The summed E-state index contributed by atoms with van der Waals surface area (Å²) in [5, 5.41) is 15.7. The Morgan fingerprint density at radius 1 is 1.09 bits per heavy atom. The topological polar surface area (TPSA) is 90.8 Å². The number of rotatable bonds is 3. The summed E-state index contributed by atoms with van der Waals surface area (Å²) in [5.74, 6) is -1.67. The fraction of sp³-hybridized carbons (Fsp3) is 0.118. The molecule has 0 unspecified atom stereocenters. The Morgan fingerprint density at radius 3 is 2.57 bits per heavy atom. The van der Waals surface area contributed by atoms with Gasteiger partial charge >= 0.3 is 11.8 Å². The molecule has 118 valence electrons. The fourth-order valence-electron chi connectivity index (χ4n) is 1.86. The SMILES string of the molecule is Cc1ccc(C)c(NC(=O)C(=O)N/N=C/c2ccccc2O)c1. The molecule has 0 bridgehead atoms. The minimum Gasteiger partial charge on any atom is -0.507 e. The maximum Gasteiger partial charge on any atom is 0.329 e. The molecule has 2 amide bonds. The average Bonchev–Trinajstić information content (AvgIpc) is 2.52. The zero-order valence-electron chi connectivity index (χ0n) is 12.8. The van der Waals surface area contributed by atoms with Crippen molar-refractivity contribution in [1.29, 1.82) is 0 Å². The molecule has 0 radical (unpaired) electrons. The number of hydrogen-bond acceptors (Lipinski definition) is 4. The van der Waals surface area contributed by atoms with Crippen LogP contribution in [0, 0.1) is 13.8 Å². The Morgan fingerprint density at radius 2 is 1.83 bits per heavy atom. The number of hydrazone groups is 1. The average molecular weight is 311 g/mol. The molecule has 0 aliphatic rings. The van der Waals surface area contributed by atoms with Gasteiger partial charge in [-0.05, 0) is 43.2 Å². The maximum absolute atomic E-state index is 11.8. The second-order valence-corrected chi connectivity index (χ2v) is 5.03. The maximum atomic E-state index is 11.8. The first-order chi connectivity index (χ1) is 11.0. The first-order valence-corrected chi connectivity index (χ1v) is 6.97. The van der Waals surface area contributed by atoms with Gasteiger partial charge in [0.25, 0.3) is 0 Å². The Bertz CT molecular complexity index is 769. The van der Waals surface area contributed by atoms with E-state index in [0.717, 1.165) is 11.1 Å². The van der Waals surface area contributed by atoms with E-state index in [1.54, 1.807) is 24.3 Å². The van der Waals surface area contributed by atoms with Gasteiger partial charge in [-0.25, -0.2) is 5.43 Å². The normalized spacial score (nSPS) is 10.5. The highest BCUT2D eigenvalue weighted by molar-refractivity contribution is 6.39. The van der Waals surface area contributed by atoms with Crippen molar-refractivity contribution in [3.8, 4) is 5.75 Å². The number of anilines is 1. The Kier molecular flexibility index (Phi) is 5.09. The van der Waals surface area contributed by atoms with Crippen LogP contribution in [0.5, 0.6) is 5.75 Å². The Balaban J connectivity index is 1.97. The number of carbonyl (C=O) groups excluding carboxylic acids is 2. The summed E-state index contributed by atoms with van der Waals surface area (Å²) in [7, 11) is 0. The van der Waals surface area contributed by atoms with Gasteiger partial charge in [0.15, 0.2) is 0 Å². The lowest BCUT2D eigenvalue weighted by atomic mass is 10.1. The van der Waals surface area contributed by atoms with Crippen molar-refractivity contribution in [1.82, 2.24) is 5.43 Å². The van der Waals surface area contributed by atoms with E-state index in [-0.39, 0.29) is 5.75 Å². The summed E-state index contributed by atoms with van der Waals surface area (Å²) in [6.45, 7) is 3.73. The molecule has 0 aliphatic heterocycles. The molecule has 0 saturated carbocycles. The lowest BCUT2D eigenvalue weighted by molar-refractivity contribution is -0.136. The van der Waals surface area contributed by atoms with Crippen LogP contribution in [0.4, 0.5) is 5.69 Å². The van der Waals surface area contributed by atoms with Crippen molar-refractivity contribution in [3.05, 3.63) is 59.2 Å². The predicted molar refractivity (Wildman–Crippen MR) is 88.4 cm³/mol. The van der Waals surface area contributed by atoms with E-state index in [9.17, 15) is 14.7 Å². The van der Waals surface area contributed by atoms with Crippen molar-refractivity contribution in [2.24, 2.45) is 5.10 Å². The summed E-state index contributed by atoms with van der Waals surface area (Å²) >= 11 is 0. The third kappa shape index (κ3) is 4.41. The third-order valence-corrected chi connectivity index (χ3v) is 3.15. The van der Waals surface area contributed by atoms with E-state index in [4.69, 9.17) is 0 Å². The molecule has 2 rings (SSSR count). The van der Waals surface area contributed by atoms with E-state index in [1.165, 1.54) is 12.3 Å². The number of amides is 2. The summed E-state index contributed by atoms with van der Waals surface area (Å²) in [6, 6.07) is 12.1. The number of carbonyl (C=O) groups is 2. The first-order valence-electron chi connectivity index (χ1n) is 6.97. The van der Waals surface area contributed by atoms with E-state index < -0.39 is 11.8 Å². The van der Waals surface area contributed by atoms with E-state index >= 15 is 0 Å². The minimum absolute atomic E-state index is 0.0327. The molecule has 0 aliphatic carbocycles. The molecule has 3 N–H and O–H groups in total. The molecule has 6 heteroatoms. The number of aryl methyl sites for hydroxylation is 2. The van der Waals surface area contributed by atoms with Gasteiger partial charge in [-0.3, -0.25) is 9.59 Å². The van der Waals surface area contributed by atoms with Gasteiger partial charge in [-0.2, -0.15) is 5.10 Å². The van der Waals surface area contributed by atoms with Gasteiger partial charge in [0.1, 0.15) is 5.75 Å². The number of hydrogen-bond donors (Lipinski definition) is 3. The monoisotopic (exact) mass is 311 g/mol. The van der Waals surface area contributed by atoms with Crippen LogP contribution in [0.25, 0.3) is 0 Å². The predicted octanol–water partition coefficient (Wildman–Crippen LogP) is 2.10. The second kappa shape index (κ2) is 7.22. The molecule has 0 heterocycles. The van der Waals surface area contributed by atoms with E-state index in [1.807, 2.05) is 26.0 Å². The van der Waals surface area contributed by atoms with Crippen LogP contribution in [-0.2, 0) is 9.59 Å². The Labute approximate surface area is 133 Å². The highest BCUT2D eigenvalue weighted by Crippen LogP contribution is 2.16. The van der Waals surface area contributed by atoms with Gasteiger partial charge < -0.3 is 10.4 Å². The van der Waals surface area contributed by atoms with Crippen molar-refractivity contribution < 1.29 is 14.7 Å². The summed E-state index contributed by atoms with van der Waals surface area (Å²) in [5.41, 5.74) is 4.96. The van der Waals surface area contributed by atoms with Gasteiger partial charge in [0, 0.05) is 11.3 Å². The van der Waals surface area contributed by atoms with Crippen LogP contribution in [0.3, 0.4) is 0 Å². The number of phenolic OH excluding ortho intramolecular Hbond substituents is 1. The number of nitrogens with zero attached hydrogens (tertiary/aromatic N) is 1. The smallest absolute Gasteiger partial charge is 0.329 e. The summed E-state index contributed by atoms with van der Waals surface area (Å²) in [4.78, 5) is 23.6. The quantitative estimate of drug-likeness (QED) is 0.460. The van der Waals surface area contributed by atoms with Crippen LogP contribution in [0.15, 0.2) is 47.6 Å². The molecule has 0 fully saturated rings. The zero-order valence-corrected chi connectivity index (χ0v) is 12.8. The highest BCUT2D eigenvalue weighted by Gasteiger charge is 2.14. The van der Waals surface area contributed by atoms with Gasteiger partial charge in [-0.15, -0.1) is 0 Å². The number of aromatic hydroxyl groups is 1. The van der Waals surface area contributed by atoms with Crippen molar-refractivity contribution >= 4 is 23.7 Å². The van der Waals surface area contributed by atoms with Crippen LogP contribution >= 0.6 is 0 Å². The first kappa shape index (κ1) is 16.2. The fourth-order valence-corrected chi connectivity index (χ4v) is 1.86. The van der Waals surface area contributed by atoms with Crippen LogP contribution in [0.2, 0.25) is 0 Å². The number of para-hydroxylation sites is 1. The molecule has 0 saturated heterocycles. The second-order valence-electron chi connectivity index (χ2n) is 5.03. The lowest BCUT2D eigenvalue weighted by Gasteiger charge is -2.08. The molecular formula is C17H17N3O3. The molecule has 0 atom stereocenters. The number of nitrogens with one attached hydrogen (secondary N) is 2. The summed E-state index contributed by atoms with van der Waals surface area (Å²) < 4.78 is 0. The minimum atomic E-state index is -0.891. The van der Waals surface area contributed by atoms with Crippen molar-refractivity contribution in [3.63, 3.8) is 0 Å². The van der Waals surface area contributed by atoms with Crippen molar-refractivity contribution in [2.45, 2.75) is 13.8 Å². The van der Waals surface area contributed by atoms with E-state index in [0.29, 0.717) is 11.3 Å². The third-order valence-electron chi connectivity index (χ3n) is 3.15. The van der Waals surface area contributed by atoms with Crippen molar-refractivity contribution in [2.75, 3.05) is 5.32 Å². The van der Waals surface area contributed by atoms with E-state index in [2.05, 4.69) is 15.8 Å². The largest absolute Gasteiger partial charge is 0.507 e. The summed E-state index contributed by atoms with van der Waals surface area (Å²) in [6.07, 6.45) is 1.26. The molecule has 0 aromatic heterocycles. The van der Waals surface area contributed by atoms with Crippen LogP contribution < -0.4 is 10.7 Å². The standard InChI is InChI=1S/C17H17N3O3/c1-11-7-8-12(2)14(9-11)19-16(22)17(23)20-18-10-13-5-3-4-6-15(13)21/h3-10,21H,1-2H3,(H,19,22)(H,20,23)/b18-10+. The number of benzene rings is 2. The van der Waals surface area contributed by atoms with Gasteiger partial charge in [0.2, 0.25) is 0 Å². The lowest BCUT2D eigenvalue weighted by Crippen LogP contribution is -2.32. The van der Waals surface area contributed by atoms with Crippen LogP contribution in [0.1, 0.15) is 16.7 Å². The highest BCUT2D eigenvalue weighted by atomic mass is 16.3. The van der Waals surface area contributed by atoms with Crippen LogP contribution in [-0.4, -0.2) is 23.1 Å². The zero-order chi connectivity index (χ0) is 16.8. The molecule has 6 nitrogen and oxygen atoms in total. The molecular weight excluding hydrogens is 294 g/mol. The molecule has 2 aromatic rings. The Hall–Kier alpha value is -3.15. The molecule has 2 aromatic carbocycles. The number of phenols is 1. The van der Waals surface area contributed by atoms with Gasteiger partial charge in [-0.1, -0.05) is 24.3 Å². The molecule has 0 spiro atoms. The van der Waals surface area contributed by atoms with Gasteiger partial charge in [0.05, 0.1) is 6.21 Å².